The van der Waals surface area contributed by atoms with Crippen molar-refractivity contribution in [1.82, 2.24) is 4.98 Å². The molecule has 1 aromatic rings. The summed E-state index contributed by atoms with van der Waals surface area (Å²) in [6.07, 6.45) is 5.51. The second-order valence-electron chi connectivity index (χ2n) is 2.66. The third kappa shape index (κ3) is 1.13. The summed E-state index contributed by atoms with van der Waals surface area (Å²) < 4.78 is 4.87. The molecule has 0 saturated heterocycles. The minimum Gasteiger partial charge on any atom is -0.461 e. The molecular weight excluding hydrogens is 154 g/mol. The third-order valence-corrected chi connectivity index (χ3v) is 1.86. The largest absolute Gasteiger partial charge is 0.461 e. The molecule has 0 radical (unpaired) electrons. The maximum atomic E-state index is 11.2. The number of carbonyl (C=O) groups excluding carboxylic acids is 1. The molecule has 1 aliphatic rings. The van der Waals surface area contributed by atoms with Gasteiger partial charge in [-0.1, -0.05) is 6.08 Å². The number of esters is 1. The molecule has 2 heterocycles. The van der Waals surface area contributed by atoms with Crippen LogP contribution in [0.25, 0.3) is 0 Å². The van der Waals surface area contributed by atoms with Gasteiger partial charge in [-0.2, -0.15) is 0 Å². The van der Waals surface area contributed by atoms with Crippen LogP contribution in [0, 0.1) is 0 Å². The molecule has 0 spiro atoms. The van der Waals surface area contributed by atoms with E-state index in [1.54, 1.807) is 6.20 Å². The summed E-state index contributed by atoms with van der Waals surface area (Å²) >= 11 is 0. The van der Waals surface area contributed by atoms with Crippen molar-refractivity contribution in [3.63, 3.8) is 0 Å². The molecule has 3 heteroatoms. The first kappa shape index (κ1) is 7.16. The lowest BCUT2D eigenvalue weighted by Gasteiger charge is -2.14. The van der Waals surface area contributed by atoms with E-state index in [4.69, 9.17) is 4.74 Å². The zero-order chi connectivity index (χ0) is 8.39. The Kier molecular flexibility index (Phi) is 1.70. The van der Waals surface area contributed by atoms with E-state index in [2.05, 4.69) is 4.98 Å². The van der Waals surface area contributed by atoms with Gasteiger partial charge in [0.15, 0.2) is 0 Å². The highest BCUT2D eigenvalue weighted by atomic mass is 16.5. The van der Waals surface area contributed by atoms with E-state index >= 15 is 0 Å². The second kappa shape index (κ2) is 2.85. The predicted molar refractivity (Wildman–Crippen MR) is 43.6 cm³/mol. The molecule has 0 saturated carbocycles. The van der Waals surface area contributed by atoms with Crippen molar-refractivity contribution < 1.29 is 9.53 Å². The van der Waals surface area contributed by atoms with Crippen LogP contribution in [0.3, 0.4) is 0 Å². The molecule has 2 rings (SSSR count). The molecule has 0 fully saturated rings. The molecule has 0 amide bonds. The van der Waals surface area contributed by atoms with Crippen molar-refractivity contribution >= 4 is 5.97 Å². The van der Waals surface area contributed by atoms with Crippen LogP contribution in [0.1, 0.15) is 11.6 Å². The van der Waals surface area contributed by atoms with Crippen LogP contribution in [-0.2, 0) is 9.53 Å². The van der Waals surface area contributed by atoms with Crippen molar-refractivity contribution in [3.05, 3.63) is 36.2 Å². The normalized spacial score (nSPS) is 22.3. The lowest BCUT2D eigenvalue weighted by molar-refractivity contribution is -0.143. The van der Waals surface area contributed by atoms with E-state index in [0.29, 0.717) is 6.61 Å². The van der Waals surface area contributed by atoms with Crippen LogP contribution in [0.4, 0.5) is 0 Å². The first-order valence-corrected chi connectivity index (χ1v) is 3.84. The average molecular weight is 163 g/mol. The minimum absolute atomic E-state index is 0.181. The Morgan fingerprint density at radius 3 is 3.17 bits per heavy atom. The quantitative estimate of drug-likeness (QED) is 0.499. The molecule has 1 unspecified atom stereocenters. The first-order valence-electron chi connectivity index (χ1n) is 3.84. The van der Waals surface area contributed by atoms with Crippen molar-refractivity contribution in [3.8, 4) is 0 Å². The van der Waals surface area contributed by atoms with Gasteiger partial charge in [0.25, 0.3) is 0 Å². The summed E-state index contributed by atoms with van der Waals surface area (Å²) in [5.41, 5.74) is 0.885. The molecular formula is C9H9NO2. The van der Waals surface area contributed by atoms with Crippen LogP contribution in [-0.4, -0.2) is 17.6 Å². The van der Waals surface area contributed by atoms with Gasteiger partial charge in [0.2, 0.25) is 0 Å². The van der Waals surface area contributed by atoms with Crippen molar-refractivity contribution in [2.24, 2.45) is 0 Å². The Balaban J connectivity index is 2.28. The smallest absolute Gasteiger partial charge is 0.319 e. The van der Waals surface area contributed by atoms with Gasteiger partial charge in [-0.15, -0.1) is 0 Å². The Labute approximate surface area is 70.0 Å². The summed E-state index contributed by atoms with van der Waals surface area (Å²) in [6, 6.07) is 3.74. The monoisotopic (exact) mass is 163 g/mol. The van der Waals surface area contributed by atoms with Gasteiger partial charge in [-0.05, 0) is 18.2 Å². The summed E-state index contributed by atoms with van der Waals surface area (Å²) in [5, 5.41) is 0. The maximum Gasteiger partial charge on any atom is 0.319 e. The number of aromatic amines is 1. The van der Waals surface area contributed by atoms with Gasteiger partial charge in [0, 0.05) is 11.9 Å². The molecule has 12 heavy (non-hydrogen) atoms. The van der Waals surface area contributed by atoms with E-state index in [0.717, 1.165) is 5.69 Å². The molecule has 0 aromatic carbocycles. The van der Waals surface area contributed by atoms with Crippen LogP contribution >= 0.6 is 0 Å². The molecule has 1 aliphatic heterocycles. The molecule has 3 nitrogen and oxygen atoms in total. The number of carbonyl (C=O) groups is 1. The number of rotatable bonds is 1. The first-order chi connectivity index (χ1) is 5.88. The lowest BCUT2D eigenvalue weighted by atomic mass is 10.0. The number of H-pyrrole nitrogens is 1. The number of cyclic esters (lactones) is 1. The third-order valence-electron chi connectivity index (χ3n) is 1.86. The fourth-order valence-electron chi connectivity index (χ4n) is 1.26. The number of ether oxygens (including phenoxy) is 1. The topological polar surface area (TPSA) is 42.1 Å². The van der Waals surface area contributed by atoms with E-state index in [9.17, 15) is 4.79 Å². The summed E-state index contributed by atoms with van der Waals surface area (Å²) in [5.74, 6) is -0.422. The number of nitrogens with one attached hydrogen (secondary N) is 1. The van der Waals surface area contributed by atoms with Crippen LogP contribution < -0.4 is 0 Å². The number of hydrogen-bond acceptors (Lipinski definition) is 2. The van der Waals surface area contributed by atoms with Crippen LogP contribution in [0.15, 0.2) is 30.5 Å². The SMILES string of the molecule is O=C1OCC=CC1c1ccc[nH]1. The van der Waals surface area contributed by atoms with Gasteiger partial charge in [0.1, 0.15) is 12.5 Å². The fraction of sp³-hybridized carbons (Fsp3) is 0.222. The van der Waals surface area contributed by atoms with E-state index in [1.807, 2.05) is 24.3 Å². The minimum atomic E-state index is -0.242. The Morgan fingerprint density at radius 2 is 2.50 bits per heavy atom. The molecule has 1 atom stereocenters. The Morgan fingerprint density at radius 1 is 1.58 bits per heavy atom. The number of aromatic nitrogens is 1. The molecule has 1 aromatic heterocycles. The van der Waals surface area contributed by atoms with Gasteiger partial charge >= 0.3 is 5.97 Å². The second-order valence-corrected chi connectivity index (χ2v) is 2.66. The Bertz CT molecular complexity index is 300. The predicted octanol–water partition coefficient (Wildman–Crippen LogP) is 1.21. The molecule has 0 aliphatic carbocycles. The highest BCUT2D eigenvalue weighted by molar-refractivity contribution is 5.80. The highest BCUT2D eigenvalue weighted by Crippen LogP contribution is 2.19. The standard InChI is InChI=1S/C9H9NO2/c11-9-7(3-2-6-12-9)8-4-1-5-10-8/h1-5,7,10H,6H2. The number of hydrogen-bond donors (Lipinski definition) is 1. The maximum absolute atomic E-state index is 11.2. The molecule has 1 N–H and O–H groups in total. The van der Waals surface area contributed by atoms with Gasteiger partial charge in [0.05, 0.1) is 0 Å². The van der Waals surface area contributed by atoms with E-state index < -0.39 is 0 Å². The zero-order valence-corrected chi connectivity index (χ0v) is 6.49. The fourth-order valence-corrected chi connectivity index (χ4v) is 1.26. The van der Waals surface area contributed by atoms with E-state index in [1.165, 1.54) is 0 Å². The van der Waals surface area contributed by atoms with E-state index in [-0.39, 0.29) is 11.9 Å². The van der Waals surface area contributed by atoms with Crippen molar-refractivity contribution in [2.45, 2.75) is 5.92 Å². The van der Waals surface area contributed by atoms with Gasteiger partial charge < -0.3 is 9.72 Å². The Hall–Kier alpha value is -1.51. The lowest BCUT2D eigenvalue weighted by Crippen LogP contribution is -2.18. The summed E-state index contributed by atoms with van der Waals surface area (Å²) in [6.45, 7) is 0.399. The van der Waals surface area contributed by atoms with Crippen LogP contribution in [0.2, 0.25) is 0 Å². The molecule has 62 valence electrons. The van der Waals surface area contributed by atoms with Crippen LogP contribution in [0.5, 0.6) is 0 Å². The zero-order valence-electron chi connectivity index (χ0n) is 6.49. The highest BCUT2D eigenvalue weighted by Gasteiger charge is 2.21. The van der Waals surface area contributed by atoms with Crippen molar-refractivity contribution in [2.75, 3.05) is 6.61 Å². The summed E-state index contributed by atoms with van der Waals surface area (Å²) in [7, 11) is 0. The molecule has 0 bridgehead atoms. The van der Waals surface area contributed by atoms with Gasteiger partial charge in [-0.25, -0.2) is 0 Å². The average Bonchev–Trinajstić information content (AvgIpc) is 2.57. The van der Waals surface area contributed by atoms with Crippen molar-refractivity contribution in [1.29, 1.82) is 0 Å². The summed E-state index contributed by atoms with van der Waals surface area (Å²) in [4.78, 5) is 14.2. The van der Waals surface area contributed by atoms with Gasteiger partial charge in [-0.3, -0.25) is 4.79 Å².